The van der Waals surface area contributed by atoms with Crippen molar-refractivity contribution < 1.29 is 14.7 Å². The van der Waals surface area contributed by atoms with Gasteiger partial charge in [-0.3, -0.25) is 9.59 Å². The first-order valence-electron chi connectivity index (χ1n) is 6.96. The van der Waals surface area contributed by atoms with E-state index in [1.165, 1.54) is 0 Å². The van der Waals surface area contributed by atoms with E-state index in [0.717, 1.165) is 5.56 Å². The molecule has 0 bridgehead atoms. The van der Waals surface area contributed by atoms with Crippen LogP contribution in [0.2, 0.25) is 10.0 Å². The number of amides is 1. The Morgan fingerprint density at radius 3 is 1.96 bits per heavy atom. The standard InChI is InChI=1S/C17H15Cl2NO3/c18-13-3-1-11(2-4-13)12(10-17(22)23)9-16(21)20-15-7-5-14(19)6-8-15/h1-8,12H,9-10H2,(H,20,21)(H,22,23). The Hall–Kier alpha value is -2.04. The van der Waals surface area contributed by atoms with Crippen LogP contribution in [0.15, 0.2) is 48.5 Å². The molecule has 1 atom stereocenters. The van der Waals surface area contributed by atoms with E-state index in [1.807, 2.05) is 0 Å². The van der Waals surface area contributed by atoms with E-state index in [1.54, 1.807) is 48.5 Å². The fourth-order valence-corrected chi connectivity index (χ4v) is 2.47. The summed E-state index contributed by atoms with van der Waals surface area (Å²) in [7, 11) is 0. The van der Waals surface area contributed by atoms with E-state index in [9.17, 15) is 9.59 Å². The van der Waals surface area contributed by atoms with E-state index in [4.69, 9.17) is 28.3 Å². The van der Waals surface area contributed by atoms with Crippen molar-refractivity contribution in [2.75, 3.05) is 5.32 Å². The number of carboxylic acid groups (broad SMARTS) is 1. The van der Waals surface area contributed by atoms with Gasteiger partial charge in [-0.05, 0) is 42.0 Å². The maximum Gasteiger partial charge on any atom is 0.303 e. The van der Waals surface area contributed by atoms with Crippen LogP contribution in [0, 0.1) is 0 Å². The summed E-state index contributed by atoms with van der Waals surface area (Å²) >= 11 is 11.6. The maximum absolute atomic E-state index is 12.2. The van der Waals surface area contributed by atoms with Gasteiger partial charge in [-0.25, -0.2) is 0 Å². The largest absolute Gasteiger partial charge is 0.481 e. The normalized spacial score (nSPS) is 11.7. The molecule has 0 aromatic heterocycles. The molecule has 2 aromatic carbocycles. The highest BCUT2D eigenvalue weighted by Crippen LogP contribution is 2.26. The van der Waals surface area contributed by atoms with Crippen LogP contribution in [0.3, 0.4) is 0 Å². The van der Waals surface area contributed by atoms with Crippen LogP contribution in [0.5, 0.6) is 0 Å². The minimum absolute atomic E-state index is 0.0660. The van der Waals surface area contributed by atoms with Crippen LogP contribution < -0.4 is 5.32 Å². The van der Waals surface area contributed by atoms with E-state index >= 15 is 0 Å². The zero-order valence-corrected chi connectivity index (χ0v) is 13.6. The van der Waals surface area contributed by atoms with E-state index in [2.05, 4.69) is 5.32 Å². The Kier molecular flexibility index (Phi) is 6.02. The van der Waals surface area contributed by atoms with Gasteiger partial charge in [0.15, 0.2) is 0 Å². The molecule has 0 saturated heterocycles. The summed E-state index contributed by atoms with van der Waals surface area (Å²) < 4.78 is 0. The van der Waals surface area contributed by atoms with Gasteiger partial charge < -0.3 is 10.4 Å². The van der Waals surface area contributed by atoms with Gasteiger partial charge in [-0.2, -0.15) is 0 Å². The van der Waals surface area contributed by atoms with Gasteiger partial charge in [0.1, 0.15) is 0 Å². The van der Waals surface area contributed by atoms with Crippen LogP contribution in [-0.2, 0) is 9.59 Å². The van der Waals surface area contributed by atoms with Gasteiger partial charge in [-0.1, -0.05) is 35.3 Å². The molecule has 1 unspecified atom stereocenters. The lowest BCUT2D eigenvalue weighted by atomic mass is 9.92. The molecule has 120 valence electrons. The number of halogens is 2. The molecular formula is C17H15Cl2NO3. The lowest BCUT2D eigenvalue weighted by Gasteiger charge is -2.15. The van der Waals surface area contributed by atoms with Crippen LogP contribution in [0.4, 0.5) is 5.69 Å². The zero-order chi connectivity index (χ0) is 16.8. The SMILES string of the molecule is O=C(O)CC(CC(=O)Nc1ccc(Cl)cc1)c1ccc(Cl)cc1. The van der Waals surface area contributed by atoms with Crippen LogP contribution >= 0.6 is 23.2 Å². The molecule has 0 fully saturated rings. The number of rotatable bonds is 6. The van der Waals surface area contributed by atoms with Crippen molar-refractivity contribution in [3.8, 4) is 0 Å². The zero-order valence-electron chi connectivity index (χ0n) is 12.1. The molecule has 2 aromatic rings. The van der Waals surface area contributed by atoms with Gasteiger partial charge in [0.05, 0.1) is 6.42 Å². The van der Waals surface area contributed by atoms with E-state index in [-0.39, 0.29) is 18.7 Å². The number of nitrogens with one attached hydrogen (secondary N) is 1. The molecule has 6 heteroatoms. The minimum Gasteiger partial charge on any atom is -0.481 e. The predicted molar refractivity (Wildman–Crippen MR) is 91.1 cm³/mol. The van der Waals surface area contributed by atoms with Crippen molar-refractivity contribution in [2.24, 2.45) is 0 Å². The maximum atomic E-state index is 12.2. The lowest BCUT2D eigenvalue weighted by molar-refractivity contribution is -0.137. The van der Waals surface area contributed by atoms with Crippen molar-refractivity contribution in [1.29, 1.82) is 0 Å². The summed E-state index contributed by atoms with van der Waals surface area (Å²) in [5.41, 5.74) is 1.38. The molecule has 2 rings (SSSR count). The summed E-state index contributed by atoms with van der Waals surface area (Å²) in [6, 6.07) is 13.6. The van der Waals surface area contributed by atoms with Crippen molar-refractivity contribution in [1.82, 2.24) is 0 Å². The molecule has 1 amide bonds. The van der Waals surface area contributed by atoms with Crippen LogP contribution in [0.25, 0.3) is 0 Å². The summed E-state index contributed by atoms with van der Waals surface area (Å²) in [6.45, 7) is 0. The van der Waals surface area contributed by atoms with Gasteiger partial charge >= 0.3 is 5.97 Å². The van der Waals surface area contributed by atoms with E-state index < -0.39 is 11.9 Å². The smallest absolute Gasteiger partial charge is 0.303 e. The lowest BCUT2D eigenvalue weighted by Crippen LogP contribution is -2.17. The Labute approximate surface area is 144 Å². The summed E-state index contributed by atoms with van der Waals surface area (Å²) in [6.07, 6.45) is -0.0633. The molecular weight excluding hydrogens is 337 g/mol. The number of aliphatic carboxylic acids is 1. The quantitative estimate of drug-likeness (QED) is 0.800. The topological polar surface area (TPSA) is 66.4 Å². The first-order valence-corrected chi connectivity index (χ1v) is 7.72. The molecule has 0 saturated carbocycles. The first kappa shape index (κ1) is 17.3. The molecule has 0 heterocycles. The molecule has 2 N–H and O–H groups in total. The Balaban J connectivity index is 2.07. The number of benzene rings is 2. The number of carboxylic acids is 1. The Morgan fingerprint density at radius 2 is 1.43 bits per heavy atom. The second-order valence-electron chi connectivity index (χ2n) is 5.11. The van der Waals surface area contributed by atoms with Crippen LogP contribution in [-0.4, -0.2) is 17.0 Å². The van der Waals surface area contributed by atoms with Gasteiger partial charge in [0, 0.05) is 28.1 Å². The fraction of sp³-hybridized carbons (Fsp3) is 0.176. The molecule has 23 heavy (non-hydrogen) atoms. The molecule has 0 aliphatic rings. The van der Waals surface area contributed by atoms with E-state index in [0.29, 0.717) is 15.7 Å². The Bertz CT molecular complexity index is 684. The highest BCUT2D eigenvalue weighted by Gasteiger charge is 2.19. The van der Waals surface area contributed by atoms with Crippen molar-refractivity contribution in [2.45, 2.75) is 18.8 Å². The monoisotopic (exact) mass is 351 g/mol. The molecule has 0 spiro atoms. The molecule has 0 radical (unpaired) electrons. The number of carbonyl (C=O) groups is 2. The average molecular weight is 352 g/mol. The van der Waals surface area contributed by atoms with Gasteiger partial charge in [0.25, 0.3) is 0 Å². The first-order chi connectivity index (χ1) is 10.9. The Morgan fingerprint density at radius 1 is 0.913 bits per heavy atom. The number of anilines is 1. The van der Waals surface area contributed by atoms with Gasteiger partial charge in [-0.15, -0.1) is 0 Å². The number of hydrogen-bond acceptors (Lipinski definition) is 2. The minimum atomic E-state index is -0.954. The fourth-order valence-electron chi connectivity index (χ4n) is 2.22. The predicted octanol–water partition coefficient (Wildman–Crippen LogP) is 4.58. The third-order valence-electron chi connectivity index (χ3n) is 3.32. The summed E-state index contributed by atoms with van der Waals surface area (Å²) in [5.74, 6) is -1.63. The molecule has 4 nitrogen and oxygen atoms in total. The summed E-state index contributed by atoms with van der Waals surface area (Å²) in [5, 5.41) is 12.9. The number of hydrogen-bond donors (Lipinski definition) is 2. The highest BCUT2D eigenvalue weighted by molar-refractivity contribution is 6.30. The molecule has 0 aliphatic heterocycles. The van der Waals surface area contributed by atoms with Crippen molar-refractivity contribution in [3.05, 3.63) is 64.1 Å². The second-order valence-corrected chi connectivity index (χ2v) is 5.98. The highest BCUT2D eigenvalue weighted by atomic mass is 35.5. The van der Waals surface area contributed by atoms with Crippen LogP contribution in [0.1, 0.15) is 24.3 Å². The number of carbonyl (C=O) groups excluding carboxylic acids is 1. The third-order valence-corrected chi connectivity index (χ3v) is 3.83. The van der Waals surface area contributed by atoms with Crippen molar-refractivity contribution in [3.63, 3.8) is 0 Å². The van der Waals surface area contributed by atoms with Crippen molar-refractivity contribution >= 4 is 40.8 Å². The second kappa shape index (κ2) is 7.99. The molecule has 0 aliphatic carbocycles. The van der Waals surface area contributed by atoms with Gasteiger partial charge in [0.2, 0.25) is 5.91 Å². The summed E-state index contributed by atoms with van der Waals surface area (Å²) in [4.78, 5) is 23.2. The average Bonchev–Trinajstić information content (AvgIpc) is 2.49. The third kappa shape index (κ3) is 5.58.